The fourth-order valence-corrected chi connectivity index (χ4v) is 4.76. The predicted octanol–water partition coefficient (Wildman–Crippen LogP) is 1.39. The second-order valence-corrected chi connectivity index (χ2v) is 8.82. The van der Waals surface area contributed by atoms with Gasteiger partial charge in [0.2, 0.25) is 11.8 Å². The molecule has 2 heterocycles. The molecule has 8 heteroatoms. The summed E-state index contributed by atoms with van der Waals surface area (Å²) in [6.07, 6.45) is 3.38. The number of hydrogen-bond donors (Lipinski definition) is 3. The van der Waals surface area contributed by atoms with E-state index >= 15 is 0 Å². The topological polar surface area (TPSA) is 105 Å². The second-order valence-electron chi connectivity index (χ2n) is 8.82. The number of nitrogens with one attached hydrogen (secondary N) is 2. The summed E-state index contributed by atoms with van der Waals surface area (Å²) in [4.78, 5) is 37.8. The van der Waals surface area contributed by atoms with Crippen molar-refractivity contribution in [3.8, 4) is 0 Å². The van der Waals surface area contributed by atoms with Gasteiger partial charge in [-0.2, -0.15) is 0 Å². The van der Waals surface area contributed by atoms with Crippen LogP contribution >= 0.6 is 0 Å². The number of hydrogen-bond acceptors (Lipinski definition) is 5. The zero-order chi connectivity index (χ0) is 21.3. The number of rotatable bonds is 6. The molecule has 2 fully saturated rings. The molecule has 162 valence electrons. The van der Waals surface area contributed by atoms with Gasteiger partial charge in [0.15, 0.2) is 0 Å². The van der Waals surface area contributed by atoms with Crippen LogP contribution in [0.2, 0.25) is 0 Å². The summed E-state index contributed by atoms with van der Waals surface area (Å²) < 4.78 is 14.2. The summed E-state index contributed by atoms with van der Waals surface area (Å²) in [7, 11) is 0. The molecule has 3 aliphatic rings. The first-order chi connectivity index (χ1) is 14.4. The Morgan fingerprint density at radius 3 is 2.67 bits per heavy atom. The van der Waals surface area contributed by atoms with Crippen LogP contribution < -0.4 is 16.4 Å². The van der Waals surface area contributed by atoms with E-state index in [0.29, 0.717) is 43.8 Å². The lowest BCUT2D eigenvalue weighted by Gasteiger charge is -2.33. The molecule has 7 nitrogen and oxygen atoms in total. The highest BCUT2D eigenvalue weighted by atomic mass is 19.1. The van der Waals surface area contributed by atoms with Crippen molar-refractivity contribution in [1.82, 2.24) is 15.5 Å². The van der Waals surface area contributed by atoms with Crippen molar-refractivity contribution in [2.45, 2.75) is 63.3 Å². The average Bonchev–Trinajstić information content (AvgIpc) is 3.05. The van der Waals surface area contributed by atoms with Crippen molar-refractivity contribution in [2.75, 3.05) is 13.1 Å². The van der Waals surface area contributed by atoms with Crippen molar-refractivity contribution in [1.29, 1.82) is 0 Å². The van der Waals surface area contributed by atoms with E-state index in [0.717, 1.165) is 30.5 Å². The van der Waals surface area contributed by atoms with Gasteiger partial charge in [0.1, 0.15) is 11.7 Å². The van der Waals surface area contributed by atoms with E-state index < -0.39 is 17.6 Å². The van der Waals surface area contributed by atoms with Crippen molar-refractivity contribution in [2.24, 2.45) is 11.7 Å². The Balaban J connectivity index is 1.31. The van der Waals surface area contributed by atoms with E-state index in [-0.39, 0.29) is 24.8 Å². The third kappa shape index (κ3) is 4.25. The summed E-state index contributed by atoms with van der Waals surface area (Å²) in [5.74, 6) is -0.379. The minimum absolute atomic E-state index is 0.108. The van der Waals surface area contributed by atoms with Crippen LogP contribution in [0.5, 0.6) is 0 Å². The van der Waals surface area contributed by atoms with Gasteiger partial charge in [0, 0.05) is 31.6 Å². The molecule has 0 aromatic heterocycles. The molecule has 4 N–H and O–H groups in total. The maximum atomic E-state index is 14.2. The molecule has 1 aromatic rings. The Hall–Kier alpha value is -2.32. The lowest BCUT2D eigenvalue weighted by atomic mass is 9.80. The molecule has 0 radical (unpaired) electrons. The van der Waals surface area contributed by atoms with E-state index in [9.17, 15) is 18.8 Å². The molecule has 1 atom stereocenters. The maximum absolute atomic E-state index is 14.2. The average molecular weight is 416 g/mol. The molecular formula is C22H29FN4O3. The highest BCUT2D eigenvalue weighted by Crippen LogP contribution is 2.34. The van der Waals surface area contributed by atoms with Gasteiger partial charge in [0.25, 0.3) is 5.91 Å². The van der Waals surface area contributed by atoms with Crippen LogP contribution in [0, 0.1) is 5.92 Å². The number of nitrogens with two attached hydrogens (primary N) is 1. The Morgan fingerprint density at radius 1 is 1.20 bits per heavy atom. The minimum Gasteiger partial charge on any atom is -0.328 e. The molecule has 2 aliphatic heterocycles. The summed E-state index contributed by atoms with van der Waals surface area (Å²) >= 11 is 0. The fraction of sp³-hybridized carbons (Fsp3) is 0.591. The Bertz CT molecular complexity index is 851. The summed E-state index contributed by atoms with van der Waals surface area (Å²) in [5, 5.41) is 5.77. The standard InChI is InChI=1S/C22H29FN4O3/c23-22(13-24)7-5-14(6-8-22)10-25-11-15-1-2-17-16(9-15)12-27(21(17)30)18-3-4-19(28)26-20(18)29/h1-2,9,14,18,25H,3-8,10-13,24H2,(H,26,28,29). The van der Waals surface area contributed by atoms with E-state index in [2.05, 4.69) is 10.6 Å². The smallest absolute Gasteiger partial charge is 0.255 e. The Morgan fingerprint density at radius 2 is 1.97 bits per heavy atom. The van der Waals surface area contributed by atoms with E-state index in [1.165, 1.54) is 0 Å². The first-order valence-corrected chi connectivity index (χ1v) is 10.7. The van der Waals surface area contributed by atoms with Crippen LogP contribution in [0.3, 0.4) is 0 Å². The lowest BCUT2D eigenvalue weighted by molar-refractivity contribution is -0.136. The normalized spacial score (nSPS) is 29.1. The predicted molar refractivity (Wildman–Crippen MR) is 109 cm³/mol. The molecule has 1 unspecified atom stereocenters. The van der Waals surface area contributed by atoms with Gasteiger partial charge in [-0.25, -0.2) is 4.39 Å². The molecule has 0 spiro atoms. The molecule has 0 bridgehead atoms. The number of carbonyl (C=O) groups excluding carboxylic acids is 3. The van der Waals surface area contributed by atoms with Crippen LogP contribution in [0.25, 0.3) is 0 Å². The molecule has 1 aliphatic carbocycles. The van der Waals surface area contributed by atoms with Crippen LogP contribution in [0.4, 0.5) is 4.39 Å². The number of benzene rings is 1. The number of amides is 3. The fourth-order valence-electron chi connectivity index (χ4n) is 4.76. The molecule has 30 heavy (non-hydrogen) atoms. The third-order valence-corrected chi connectivity index (χ3v) is 6.72. The first-order valence-electron chi connectivity index (χ1n) is 10.7. The summed E-state index contributed by atoms with van der Waals surface area (Å²) in [6, 6.07) is 5.17. The quantitative estimate of drug-likeness (QED) is 0.608. The van der Waals surface area contributed by atoms with Crippen LogP contribution in [0.15, 0.2) is 18.2 Å². The Kier molecular flexibility index (Phi) is 5.88. The molecule has 3 amide bonds. The van der Waals surface area contributed by atoms with Crippen LogP contribution in [0.1, 0.15) is 60.0 Å². The van der Waals surface area contributed by atoms with E-state index in [1.54, 1.807) is 4.90 Å². The SMILES string of the molecule is NCC1(F)CCC(CNCc2ccc3c(c2)CN(C2CCC(=O)NC2=O)C3=O)CC1. The lowest BCUT2D eigenvalue weighted by Crippen LogP contribution is -2.52. The molecule has 1 saturated carbocycles. The van der Waals surface area contributed by atoms with Gasteiger partial charge in [-0.15, -0.1) is 0 Å². The molecular weight excluding hydrogens is 387 g/mol. The van der Waals surface area contributed by atoms with Gasteiger partial charge in [-0.3, -0.25) is 19.7 Å². The number of fused-ring (bicyclic) bond motifs is 1. The summed E-state index contributed by atoms with van der Waals surface area (Å²) in [6.45, 7) is 2.00. The maximum Gasteiger partial charge on any atom is 0.255 e. The number of nitrogens with zero attached hydrogens (tertiary/aromatic N) is 1. The number of halogens is 1. The summed E-state index contributed by atoms with van der Waals surface area (Å²) in [5.41, 5.74) is 6.95. The number of imide groups is 1. The van der Waals surface area contributed by atoms with E-state index in [4.69, 9.17) is 5.73 Å². The minimum atomic E-state index is -1.18. The monoisotopic (exact) mass is 416 g/mol. The van der Waals surface area contributed by atoms with Crippen LogP contribution in [-0.4, -0.2) is 47.4 Å². The number of piperidine rings is 1. The van der Waals surface area contributed by atoms with Gasteiger partial charge in [-0.05, 0) is 61.8 Å². The molecule has 1 aromatic carbocycles. The highest BCUT2D eigenvalue weighted by molar-refractivity contribution is 6.05. The van der Waals surface area contributed by atoms with Crippen LogP contribution in [-0.2, 0) is 22.7 Å². The van der Waals surface area contributed by atoms with Gasteiger partial charge in [0.05, 0.1) is 0 Å². The highest BCUT2D eigenvalue weighted by Gasteiger charge is 2.39. The molecule has 4 rings (SSSR count). The van der Waals surface area contributed by atoms with Crippen molar-refractivity contribution >= 4 is 17.7 Å². The number of carbonyl (C=O) groups is 3. The third-order valence-electron chi connectivity index (χ3n) is 6.72. The van der Waals surface area contributed by atoms with E-state index in [1.807, 2.05) is 18.2 Å². The number of alkyl halides is 1. The van der Waals surface area contributed by atoms with Gasteiger partial charge >= 0.3 is 0 Å². The van der Waals surface area contributed by atoms with Gasteiger partial charge < -0.3 is 16.0 Å². The van der Waals surface area contributed by atoms with Crippen molar-refractivity contribution < 1.29 is 18.8 Å². The largest absolute Gasteiger partial charge is 0.328 e. The van der Waals surface area contributed by atoms with Gasteiger partial charge in [-0.1, -0.05) is 12.1 Å². The molecule has 1 saturated heterocycles. The van der Waals surface area contributed by atoms with Crippen molar-refractivity contribution in [3.63, 3.8) is 0 Å². The zero-order valence-electron chi connectivity index (χ0n) is 17.1. The second kappa shape index (κ2) is 8.43. The zero-order valence-corrected chi connectivity index (χ0v) is 17.1. The Labute approximate surface area is 175 Å². The first kappa shape index (κ1) is 20.9. The van der Waals surface area contributed by atoms with Crippen molar-refractivity contribution in [3.05, 3.63) is 34.9 Å².